The zero-order valence-corrected chi connectivity index (χ0v) is 16.5. The van der Waals surface area contributed by atoms with E-state index in [4.69, 9.17) is 18.5 Å². The molecule has 6 nitrogen and oxygen atoms in total. The second kappa shape index (κ2) is 9.86. The van der Waals surface area contributed by atoms with E-state index in [1.54, 1.807) is 24.3 Å². The van der Waals surface area contributed by atoms with Crippen LogP contribution in [0.2, 0.25) is 0 Å². The molecule has 0 aliphatic heterocycles. The van der Waals surface area contributed by atoms with Gasteiger partial charge >= 0.3 is 19.0 Å². The Labute approximate surface area is 153 Å². The predicted molar refractivity (Wildman–Crippen MR) is 97.3 cm³/mol. The summed E-state index contributed by atoms with van der Waals surface area (Å²) in [6.45, 7) is 7.88. The first-order valence-electron chi connectivity index (χ1n) is 8.36. The van der Waals surface area contributed by atoms with Gasteiger partial charge in [-0.25, -0.2) is 9.18 Å². The molecule has 146 valence electrons. The van der Waals surface area contributed by atoms with Crippen molar-refractivity contribution in [2.45, 2.75) is 32.1 Å². The average Bonchev–Trinajstić information content (AvgIpc) is 2.63. The zero-order valence-electron chi connectivity index (χ0n) is 15.6. The van der Waals surface area contributed by atoms with Crippen molar-refractivity contribution >= 4 is 13.6 Å². The van der Waals surface area contributed by atoms with Gasteiger partial charge in [-0.2, -0.15) is 0 Å². The Bertz CT molecular complexity index is 655. The molecule has 0 heterocycles. The second-order valence-corrected chi connectivity index (χ2v) is 7.34. The normalized spacial score (nSPS) is 15.0. The number of hydrogen-bond acceptors (Lipinski definition) is 6. The van der Waals surface area contributed by atoms with Crippen molar-refractivity contribution in [2.24, 2.45) is 0 Å². The van der Waals surface area contributed by atoms with Crippen molar-refractivity contribution in [1.82, 2.24) is 0 Å². The van der Waals surface area contributed by atoms with Crippen LogP contribution in [0.5, 0.6) is 5.75 Å². The van der Waals surface area contributed by atoms with Crippen LogP contribution in [0.1, 0.15) is 32.3 Å². The maximum absolute atomic E-state index is 16.3. The van der Waals surface area contributed by atoms with Crippen LogP contribution in [0.3, 0.4) is 0 Å². The molecule has 1 aromatic carbocycles. The summed E-state index contributed by atoms with van der Waals surface area (Å²) in [5, 5.41) is -3.12. The number of rotatable bonds is 11. The number of allylic oxidation sites excluding steroid dienone is 1. The summed E-state index contributed by atoms with van der Waals surface area (Å²) in [7, 11) is -3.15. The smallest absolute Gasteiger partial charge is 0.380 e. The van der Waals surface area contributed by atoms with E-state index in [0.717, 1.165) is 0 Å². The summed E-state index contributed by atoms with van der Waals surface area (Å²) in [6, 6.07) is 6.49. The molecule has 0 aliphatic rings. The van der Waals surface area contributed by atoms with Crippen LogP contribution in [-0.2, 0) is 23.1 Å². The molecule has 0 saturated carbocycles. The van der Waals surface area contributed by atoms with Crippen LogP contribution in [0, 0.1) is 0 Å². The lowest BCUT2D eigenvalue weighted by atomic mass is 9.92. The molecule has 0 bridgehead atoms. The molecule has 0 aliphatic carbocycles. The van der Waals surface area contributed by atoms with Gasteiger partial charge in [0.15, 0.2) is 0 Å². The Morgan fingerprint density at radius 2 is 1.81 bits per heavy atom. The van der Waals surface area contributed by atoms with Gasteiger partial charge in [0.25, 0.3) is 0 Å². The summed E-state index contributed by atoms with van der Waals surface area (Å²) >= 11 is 0. The van der Waals surface area contributed by atoms with Gasteiger partial charge in [0, 0.05) is 5.56 Å². The molecule has 2 atom stereocenters. The monoisotopic (exact) mass is 388 g/mol. The Balaban J connectivity index is 3.68. The minimum atomic E-state index is -4.56. The van der Waals surface area contributed by atoms with E-state index in [9.17, 15) is 9.36 Å². The molecule has 26 heavy (non-hydrogen) atoms. The van der Waals surface area contributed by atoms with E-state index in [1.165, 1.54) is 34.0 Å². The Hall–Kier alpha value is -1.69. The maximum Gasteiger partial charge on any atom is 0.380 e. The molecule has 0 amide bonds. The first-order valence-corrected chi connectivity index (χ1v) is 9.91. The van der Waals surface area contributed by atoms with Crippen LogP contribution in [-0.4, -0.2) is 38.3 Å². The summed E-state index contributed by atoms with van der Waals surface area (Å²) in [4.78, 5) is 12.6. The van der Waals surface area contributed by atoms with Crippen LogP contribution in [0.15, 0.2) is 36.9 Å². The molecule has 0 unspecified atom stereocenters. The zero-order chi connectivity index (χ0) is 19.8. The number of carbonyl (C=O) groups is 1. The summed E-state index contributed by atoms with van der Waals surface area (Å²) in [5.41, 5.74) is 0.278. The van der Waals surface area contributed by atoms with E-state index in [-0.39, 0.29) is 25.4 Å². The Kier molecular flexibility index (Phi) is 8.47. The number of halogens is 1. The van der Waals surface area contributed by atoms with Gasteiger partial charge in [0.2, 0.25) is 0 Å². The first-order chi connectivity index (χ1) is 12.4. The predicted octanol–water partition coefficient (Wildman–Crippen LogP) is 4.46. The van der Waals surface area contributed by atoms with Gasteiger partial charge in [-0.3, -0.25) is 4.57 Å². The highest BCUT2D eigenvalue weighted by Crippen LogP contribution is 2.67. The van der Waals surface area contributed by atoms with Gasteiger partial charge in [-0.05, 0) is 26.8 Å². The molecule has 0 N–H and O–H groups in total. The number of para-hydroxylation sites is 1. The number of alkyl halides is 1. The number of hydrogen-bond donors (Lipinski definition) is 0. The first kappa shape index (κ1) is 22.4. The van der Waals surface area contributed by atoms with E-state index in [2.05, 4.69) is 6.58 Å². The molecule has 0 fully saturated rings. The molecular formula is C18H26FO6P. The quantitative estimate of drug-likeness (QED) is 0.317. The summed E-state index contributed by atoms with van der Waals surface area (Å²) < 4.78 is 50.1. The number of carbonyl (C=O) groups excluding carboxylic acids is 1. The SMILES string of the molecule is C=C[C@H](c1ccccc1OC)[C@](F)(C(=O)OCC)P(=O)(OCC)OCC. The number of benzene rings is 1. The lowest BCUT2D eigenvalue weighted by Crippen LogP contribution is -2.42. The fourth-order valence-electron chi connectivity index (χ4n) is 2.62. The van der Waals surface area contributed by atoms with Gasteiger partial charge in [0.05, 0.1) is 32.8 Å². The topological polar surface area (TPSA) is 71.1 Å². The van der Waals surface area contributed by atoms with Gasteiger partial charge in [-0.15, -0.1) is 6.58 Å². The Morgan fingerprint density at radius 1 is 1.23 bits per heavy atom. The number of ether oxygens (including phenoxy) is 2. The van der Waals surface area contributed by atoms with Gasteiger partial charge in [0.1, 0.15) is 5.75 Å². The number of methoxy groups -OCH3 is 1. The molecule has 1 rings (SSSR count). The third-order valence-electron chi connectivity index (χ3n) is 3.68. The molecule has 0 spiro atoms. The minimum Gasteiger partial charge on any atom is -0.496 e. The maximum atomic E-state index is 16.3. The fourth-order valence-corrected chi connectivity index (χ4v) is 4.62. The van der Waals surface area contributed by atoms with Gasteiger partial charge < -0.3 is 18.5 Å². The second-order valence-electron chi connectivity index (χ2n) is 5.18. The Morgan fingerprint density at radius 3 is 2.27 bits per heavy atom. The highest BCUT2D eigenvalue weighted by Gasteiger charge is 2.64. The van der Waals surface area contributed by atoms with Crippen LogP contribution < -0.4 is 4.74 Å². The summed E-state index contributed by atoms with van der Waals surface area (Å²) in [6.07, 6.45) is 1.18. The van der Waals surface area contributed by atoms with Crippen LogP contribution in [0.4, 0.5) is 4.39 Å². The lowest BCUT2D eigenvalue weighted by molar-refractivity contribution is -0.153. The van der Waals surface area contributed by atoms with Crippen LogP contribution in [0.25, 0.3) is 0 Å². The van der Waals surface area contributed by atoms with Crippen molar-refractivity contribution in [2.75, 3.05) is 26.9 Å². The molecule has 8 heteroatoms. The van der Waals surface area contributed by atoms with Gasteiger partial charge in [-0.1, -0.05) is 24.3 Å². The summed E-state index contributed by atoms with van der Waals surface area (Å²) in [5.74, 6) is -2.40. The van der Waals surface area contributed by atoms with E-state index >= 15 is 4.39 Å². The van der Waals surface area contributed by atoms with Crippen molar-refractivity contribution in [1.29, 1.82) is 0 Å². The van der Waals surface area contributed by atoms with E-state index < -0.39 is 24.9 Å². The van der Waals surface area contributed by atoms with Crippen LogP contribution >= 0.6 is 7.60 Å². The average molecular weight is 388 g/mol. The highest BCUT2D eigenvalue weighted by atomic mass is 31.2. The molecular weight excluding hydrogens is 362 g/mol. The molecule has 0 aromatic heterocycles. The van der Waals surface area contributed by atoms with E-state index in [1.807, 2.05) is 0 Å². The minimum absolute atomic E-state index is 0.0987. The standard InChI is InChI=1S/C18H26FO6P/c1-6-15(14-12-10-11-13-16(14)22-5)18(19,17(20)23-7-2)26(21,24-8-3)25-9-4/h6,10-13,15H,1,7-9H2,2-5H3/t15-,18-/m1/s1. The highest BCUT2D eigenvalue weighted by molar-refractivity contribution is 7.56. The third kappa shape index (κ3) is 4.17. The molecule has 0 radical (unpaired) electrons. The van der Waals surface area contributed by atoms with E-state index in [0.29, 0.717) is 5.75 Å². The van der Waals surface area contributed by atoms with Crippen molar-refractivity contribution in [3.8, 4) is 5.75 Å². The largest absolute Gasteiger partial charge is 0.496 e. The lowest BCUT2D eigenvalue weighted by Gasteiger charge is -2.35. The fraction of sp³-hybridized carbons (Fsp3) is 0.500. The van der Waals surface area contributed by atoms with Crippen molar-refractivity contribution in [3.63, 3.8) is 0 Å². The molecule has 1 aromatic rings. The molecule has 0 saturated heterocycles. The number of esters is 1. The third-order valence-corrected chi connectivity index (χ3v) is 6.13. The van der Waals surface area contributed by atoms with Crippen molar-refractivity contribution in [3.05, 3.63) is 42.5 Å². The van der Waals surface area contributed by atoms with Crippen molar-refractivity contribution < 1.29 is 32.3 Å².